The zero-order chi connectivity index (χ0) is 12.4. The van der Waals surface area contributed by atoms with Crippen molar-refractivity contribution in [3.8, 4) is 0 Å². The van der Waals surface area contributed by atoms with Gasteiger partial charge in [0.15, 0.2) is 0 Å². The zero-order valence-electron chi connectivity index (χ0n) is 10.4. The van der Waals surface area contributed by atoms with Crippen LogP contribution < -0.4 is 10.5 Å². The number of rotatable bonds is 5. The molecule has 3 N–H and O–H groups in total. The Labute approximate surface area is 98.6 Å². The molecule has 0 spiro atoms. The molecule has 0 radical (unpaired) electrons. The van der Waals surface area contributed by atoms with Gasteiger partial charge in [-0.25, -0.2) is 0 Å². The number of hydrogen-bond acceptors (Lipinski definition) is 3. The van der Waals surface area contributed by atoms with Crippen LogP contribution in [-0.4, -0.2) is 37.9 Å². The van der Waals surface area contributed by atoms with Gasteiger partial charge >= 0.3 is 0 Å². The minimum absolute atomic E-state index is 0.162. The Morgan fingerprint density at radius 2 is 1.88 bits per heavy atom. The lowest BCUT2D eigenvalue weighted by atomic mass is 9.90. The van der Waals surface area contributed by atoms with Gasteiger partial charge in [-0.2, -0.15) is 17.4 Å². The molecule has 5 nitrogen and oxygen atoms in total. The molecule has 0 bridgehead atoms. The molecule has 1 atom stereocenters. The Balaban J connectivity index is 2.78. The Hall–Kier alpha value is -0.170. The highest BCUT2D eigenvalue weighted by Gasteiger charge is 2.35. The van der Waals surface area contributed by atoms with Crippen LogP contribution in [0.15, 0.2) is 0 Å². The van der Waals surface area contributed by atoms with E-state index in [0.29, 0.717) is 19.6 Å². The smallest absolute Gasteiger partial charge is 0.279 e. The van der Waals surface area contributed by atoms with E-state index in [9.17, 15) is 8.42 Å². The average Bonchev–Trinajstić information content (AvgIpc) is 2.70. The fourth-order valence-corrected chi connectivity index (χ4v) is 3.46. The highest BCUT2D eigenvalue weighted by atomic mass is 32.2. The normalized spacial score (nSPS) is 22.6. The third kappa shape index (κ3) is 2.94. The van der Waals surface area contributed by atoms with Crippen LogP contribution in [0, 0.1) is 5.92 Å². The molecule has 1 saturated heterocycles. The van der Waals surface area contributed by atoms with Crippen LogP contribution in [0.3, 0.4) is 0 Å². The summed E-state index contributed by atoms with van der Waals surface area (Å²) in [5.41, 5.74) is 5.10. The molecule has 0 aromatic heterocycles. The van der Waals surface area contributed by atoms with Gasteiger partial charge in [-0.3, -0.25) is 0 Å². The summed E-state index contributed by atoms with van der Waals surface area (Å²) in [5, 5.41) is 0. The number of nitrogens with zero attached hydrogens (tertiary/aromatic N) is 1. The lowest BCUT2D eigenvalue weighted by Crippen LogP contribution is -2.57. The monoisotopic (exact) mass is 249 g/mol. The molecule has 16 heavy (non-hydrogen) atoms. The highest BCUT2D eigenvalue weighted by molar-refractivity contribution is 7.87. The molecule has 0 aliphatic carbocycles. The number of hydrogen-bond donors (Lipinski definition) is 2. The summed E-state index contributed by atoms with van der Waals surface area (Å²) in [6, 6.07) is 0. The molecule has 1 heterocycles. The van der Waals surface area contributed by atoms with Gasteiger partial charge in [0.05, 0.1) is 0 Å². The minimum atomic E-state index is -3.37. The molecule has 6 heteroatoms. The van der Waals surface area contributed by atoms with E-state index in [0.717, 1.165) is 12.8 Å². The van der Waals surface area contributed by atoms with Gasteiger partial charge in [-0.15, -0.1) is 0 Å². The van der Waals surface area contributed by atoms with Gasteiger partial charge in [0.1, 0.15) is 0 Å². The zero-order valence-corrected chi connectivity index (χ0v) is 11.2. The first-order valence-corrected chi connectivity index (χ1v) is 7.25. The van der Waals surface area contributed by atoms with Crippen molar-refractivity contribution in [3.05, 3.63) is 0 Å². The molecule has 96 valence electrons. The van der Waals surface area contributed by atoms with Crippen LogP contribution in [0.4, 0.5) is 0 Å². The van der Waals surface area contributed by atoms with Crippen molar-refractivity contribution in [1.82, 2.24) is 9.03 Å². The van der Waals surface area contributed by atoms with Gasteiger partial charge in [-0.05, 0) is 25.7 Å². The van der Waals surface area contributed by atoms with Crippen molar-refractivity contribution in [3.63, 3.8) is 0 Å². The van der Waals surface area contributed by atoms with Crippen molar-refractivity contribution >= 4 is 10.2 Å². The van der Waals surface area contributed by atoms with Gasteiger partial charge in [0, 0.05) is 25.2 Å². The van der Waals surface area contributed by atoms with E-state index in [1.165, 1.54) is 4.31 Å². The number of nitrogens with one attached hydrogen (secondary N) is 1. The molecule has 0 aromatic rings. The molecular weight excluding hydrogens is 226 g/mol. The Kier molecular flexibility index (Phi) is 4.34. The maximum absolute atomic E-state index is 12.1. The third-order valence-electron chi connectivity index (χ3n) is 3.47. The van der Waals surface area contributed by atoms with E-state index >= 15 is 0 Å². The van der Waals surface area contributed by atoms with Gasteiger partial charge in [0.2, 0.25) is 0 Å². The van der Waals surface area contributed by atoms with Crippen molar-refractivity contribution in [2.75, 3.05) is 19.6 Å². The quantitative estimate of drug-likeness (QED) is 0.735. The van der Waals surface area contributed by atoms with E-state index in [1.807, 2.05) is 20.8 Å². The van der Waals surface area contributed by atoms with Crippen LogP contribution in [0.2, 0.25) is 0 Å². The second kappa shape index (κ2) is 5.00. The molecule has 1 fully saturated rings. The SMILES string of the molecule is CC(C)C(C)(CN)NS(=O)(=O)N1CCCC1. The summed E-state index contributed by atoms with van der Waals surface area (Å²) in [6.45, 7) is 7.34. The molecule has 1 rings (SSSR count). The predicted molar refractivity (Wildman–Crippen MR) is 65.2 cm³/mol. The fourth-order valence-electron chi connectivity index (χ4n) is 1.68. The topological polar surface area (TPSA) is 75.4 Å². The van der Waals surface area contributed by atoms with Gasteiger partial charge in [-0.1, -0.05) is 13.8 Å². The first kappa shape index (κ1) is 13.9. The Morgan fingerprint density at radius 3 is 2.25 bits per heavy atom. The summed E-state index contributed by atoms with van der Waals surface area (Å²) in [6.07, 6.45) is 1.89. The van der Waals surface area contributed by atoms with Gasteiger partial charge < -0.3 is 5.73 Å². The standard InChI is InChI=1S/C10H23N3O2S/c1-9(2)10(3,8-11)12-16(14,15)13-6-4-5-7-13/h9,12H,4-8,11H2,1-3H3. The largest absolute Gasteiger partial charge is 0.329 e. The van der Waals surface area contributed by atoms with Crippen LogP contribution in [-0.2, 0) is 10.2 Å². The highest BCUT2D eigenvalue weighted by Crippen LogP contribution is 2.19. The van der Waals surface area contributed by atoms with E-state index in [-0.39, 0.29) is 5.92 Å². The second-order valence-corrected chi connectivity index (χ2v) is 6.66. The summed E-state index contributed by atoms with van der Waals surface area (Å²) >= 11 is 0. The van der Waals surface area contributed by atoms with E-state index in [2.05, 4.69) is 4.72 Å². The van der Waals surface area contributed by atoms with E-state index in [4.69, 9.17) is 5.73 Å². The molecule has 0 amide bonds. The predicted octanol–water partition coefficient (Wildman–Crippen LogP) is 0.290. The Bertz CT molecular complexity index is 323. The van der Waals surface area contributed by atoms with Crippen LogP contribution in [0.5, 0.6) is 0 Å². The summed E-state index contributed by atoms with van der Waals surface area (Å²) in [5.74, 6) is 0.162. The lowest BCUT2D eigenvalue weighted by Gasteiger charge is -2.34. The molecule has 1 unspecified atom stereocenters. The summed E-state index contributed by atoms with van der Waals surface area (Å²) < 4.78 is 28.4. The summed E-state index contributed by atoms with van der Waals surface area (Å²) in [4.78, 5) is 0. The van der Waals surface area contributed by atoms with E-state index < -0.39 is 15.7 Å². The van der Waals surface area contributed by atoms with Gasteiger partial charge in [0.25, 0.3) is 10.2 Å². The molecule has 1 aliphatic heterocycles. The number of nitrogens with two attached hydrogens (primary N) is 1. The molecule has 1 aliphatic rings. The van der Waals surface area contributed by atoms with Crippen molar-refractivity contribution in [2.24, 2.45) is 11.7 Å². The van der Waals surface area contributed by atoms with Crippen molar-refractivity contribution in [2.45, 2.75) is 39.2 Å². The van der Waals surface area contributed by atoms with Crippen LogP contribution >= 0.6 is 0 Å². The van der Waals surface area contributed by atoms with Crippen molar-refractivity contribution in [1.29, 1.82) is 0 Å². The first-order chi connectivity index (χ1) is 7.32. The summed E-state index contributed by atoms with van der Waals surface area (Å²) in [7, 11) is -3.37. The second-order valence-electron chi connectivity index (χ2n) is 4.99. The first-order valence-electron chi connectivity index (χ1n) is 5.81. The molecule has 0 saturated carbocycles. The average molecular weight is 249 g/mol. The van der Waals surface area contributed by atoms with Crippen LogP contribution in [0.25, 0.3) is 0 Å². The van der Waals surface area contributed by atoms with Crippen LogP contribution in [0.1, 0.15) is 33.6 Å². The Morgan fingerprint density at radius 1 is 1.38 bits per heavy atom. The maximum atomic E-state index is 12.1. The van der Waals surface area contributed by atoms with E-state index in [1.54, 1.807) is 0 Å². The fraction of sp³-hybridized carbons (Fsp3) is 1.00. The molecular formula is C10H23N3O2S. The third-order valence-corrected chi connectivity index (χ3v) is 5.23. The lowest BCUT2D eigenvalue weighted by molar-refractivity contribution is 0.305. The van der Waals surface area contributed by atoms with Crippen molar-refractivity contribution < 1.29 is 8.42 Å². The minimum Gasteiger partial charge on any atom is -0.329 e. The molecule has 0 aromatic carbocycles. The maximum Gasteiger partial charge on any atom is 0.279 e.